The highest BCUT2D eigenvalue weighted by Gasteiger charge is 2.67. The molecule has 1 unspecified atom stereocenters. The Kier molecular flexibility index (Phi) is 5.35. The number of nitrogens with one attached hydrogen (secondary N) is 1. The minimum absolute atomic E-state index is 0.0691. The molecular weight excluding hydrogens is 443 g/mol. The normalized spacial score (nSPS) is 20.5. The molecule has 0 aromatic heterocycles. The van der Waals surface area contributed by atoms with Crippen LogP contribution in [0.5, 0.6) is 0 Å². The van der Waals surface area contributed by atoms with E-state index in [2.05, 4.69) is 5.32 Å². The Labute approximate surface area is 173 Å². The highest BCUT2D eigenvalue weighted by atomic mass is 35.5. The van der Waals surface area contributed by atoms with Crippen LogP contribution in [0.25, 0.3) is 0 Å². The zero-order chi connectivity index (χ0) is 19.2. The lowest BCUT2D eigenvalue weighted by Gasteiger charge is -2.07. The lowest BCUT2D eigenvalue weighted by molar-refractivity contribution is -0.117. The number of carboxylic acids is 1. The summed E-state index contributed by atoms with van der Waals surface area (Å²) in [7, 11) is 0. The van der Waals surface area contributed by atoms with Gasteiger partial charge in [0.25, 0.3) is 0 Å². The molecule has 4 nitrogen and oxygen atoms in total. The predicted molar refractivity (Wildman–Crippen MR) is 104 cm³/mol. The molecule has 2 N–H and O–H groups in total. The molecule has 1 saturated carbocycles. The average molecular weight is 454 g/mol. The van der Waals surface area contributed by atoms with Gasteiger partial charge in [-0.3, -0.25) is 4.79 Å². The number of rotatable bonds is 4. The second-order valence-electron chi connectivity index (χ2n) is 5.79. The van der Waals surface area contributed by atoms with Crippen molar-refractivity contribution in [3.63, 3.8) is 0 Å². The van der Waals surface area contributed by atoms with Gasteiger partial charge in [-0.1, -0.05) is 40.9 Å². The summed E-state index contributed by atoms with van der Waals surface area (Å²) < 4.78 is -1.30. The summed E-state index contributed by atoms with van der Waals surface area (Å²) >= 11 is 30.3. The van der Waals surface area contributed by atoms with E-state index in [-0.39, 0.29) is 16.3 Å². The van der Waals surface area contributed by atoms with Crippen molar-refractivity contribution in [3.8, 4) is 0 Å². The first-order valence-electron chi connectivity index (χ1n) is 7.29. The van der Waals surface area contributed by atoms with E-state index in [1.54, 1.807) is 18.2 Å². The number of carboxylic acid groups (broad SMARTS) is 1. The summed E-state index contributed by atoms with van der Waals surface area (Å²) in [5.41, 5.74) is 0.844. The van der Waals surface area contributed by atoms with E-state index >= 15 is 0 Å². The minimum Gasteiger partial charge on any atom is -0.478 e. The molecule has 1 fully saturated rings. The van der Waals surface area contributed by atoms with Crippen LogP contribution in [0, 0.1) is 5.92 Å². The molecule has 2 aromatic carbocycles. The fourth-order valence-electron chi connectivity index (χ4n) is 2.76. The Morgan fingerprint density at radius 1 is 0.962 bits per heavy atom. The summed E-state index contributed by atoms with van der Waals surface area (Å²) in [6, 6.07) is 9.08. The van der Waals surface area contributed by atoms with Gasteiger partial charge in [-0.15, -0.1) is 23.2 Å². The lowest BCUT2D eigenvalue weighted by atomic mass is 10.1. The van der Waals surface area contributed by atoms with E-state index in [0.29, 0.717) is 15.6 Å². The number of hydrogen-bond acceptors (Lipinski definition) is 2. The van der Waals surface area contributed by atoms with Gasteiger partial charge in [-0.05, 0) is 35.9 Å². The van der Waals surface area contributed by atoms with Gasteiger partial charge in [0.1, 0.15) is 4.33 Å². The molecule has 1 aliphatic carbocycles. The van der Waals surface area contributed by atoms with Crippen LogP contribution >= 0.6 is 58.0 Å². The van der Waals surface area contributed by atoms with Crippen LogP contribution in [-0.4, -0.2) is 21.3 Å². The zero-order valence-corrected chi connectivity index (χ0v) is 16.6. The molecule has 0 bridgehead atoms. The third kappa shape index (κ3) is 3.62. The second kappa shape index (κ2) is 7.10. The van der Waals surface area contributed by atoms with Crippen molar-refractivity contribution in [2.75, 3.05) is 5.32 Å². The van der Waals surface area contributed by atoms with Gasteiger partial charge >= 0.3 is 5.97 Å². The van der Waals surface area contributed by atoms with E-state index in [9.17, 15) is 9.59 Å². The maximum absolute atomic E-state index is 12.6. The molecule has 3 rings (SSSR count). The zero-order valence-electron chi connectivity index (χ0n) is 12.8. The largest absolute Gasteiger partial charge is 0.478 e. The number of aromatic carboxylic acids is 1. The molecule has 2 aromatic rings. The highest BCUT2D eigenvalue weighted by Crippen LogP contribution is 2.65. The van der Waals surface area contributed by atoms with Crippen molar-refractivity contribution in [3.05, 3.63) is 62.6 Å². The number of amides is 1. The Bertz CT molecular complexity index is 915. The van der Waals surface area contributed by atoms with Crippen LogP contribution in [0.2, 0.25) is 15.1 Å². The van der Waals surface area contributed by atoms with Crippen LogP contribution in [0.15, 0.2) is 36.4 Å². The van der Waals surface area contributed by atoms with Crippen molar-refractivity contribution in [1.29, 1.82) is 0 Å². The molecule has 2 atom stereocenters. The molecule has 0 aliphatic heterocycles. The first-order chi connectivity index (χ1) is 12.1. The molecule has 136 valence electrons. The fraction of sp³-hybridized carbons (Fsp3) is 0.176. The minimum atomic E-state index is -1.30. The van der Waals surface area contributed by atoms with Gasteiger partial charge in [-0.25, -0.2) is 4.79 Å². The topological polar surface area (TPSA) is 66.4 Å². The molecule has 0 heterocycles. The van der Waals surface area contributed by atoms with Crippen LogP contribution in [0.3, 0.4) is 0 Å². The van der Waals surface area contributed by atoms with Crippen molar-refractivity contribution in [1.82, 2.24) is 0 Å². The summed E-state index contributed by atoms with van der Waals surface area (Å²) in [6.45, 7) is 0. The molecule has 1 amide bonds. The van der Waals surface area contributed by atoms with Crippen molar-refractivity contribution < 1.29 is 14.7 Å². The number of halogens is 5. The van der Waals surface area contributed by atoms with Gasteiger partial charge in [0.15, 0.2) is 0 Å². The molecular formula is C17H10Cl5NO3. The van der Waals surface area contributed by atoms with Crippen LogP contribution in [-0.2, 0) is 4.79 Å². The Morgan fingerprint density at radius 2 is 1.62 bits per heavy atom. The average Bonchev–Trinajstić information content (AvgIpc) is 3.14. The molecule has 26 heavy (non-hydrogen) atoms. The summed E-state index contributed by atoms with van der Waals surface area (Å²) in [4.78, 5) is 23.7. The molecule has 0 saturated heterocycles. The van der Waals surface area contributed by atoms with Crippen LogP contribution in [0.1, 0.15) is 21.8 Å². The first-order valence-corrected chi connectivity index (χ1v) is 9.18. The maximum Gasteiger partial charge on any atom is 0.337 e. The quantitative estimate of drug-likeness (QED) is 0.569. The SMILES string of the molecule is O=C(O)c1cc(NC(=O)[C@H]2C(c3ccc(Cl)c(Cl)c3)C2(Cl)Cl)ccc1Cl. The number of anilines is 1. The van der Waals surface area contributed by atoms with Gasteiger partial charge < -0.3 is 10.4 Å². The van der Waals surface area contributed by atoms with E-state index in [1.807, 2.05) is 0 Å². The third-order valence-corrected chi connectivity index (χ3v) is 6.11. The molecule has 1 aliphatic rings. The standard InChI is InChI=1S/C17H10Cl5NO3/c18-10-4-2-8(6-9(10)16(25)26)23-15(24)14-13(17(14,21)22)7-1-3-11(19)12(20)5-7/h1-6,13-14H,(H,23,24)(H,25,26)/t13?,14-/m1/s1. The summed E-state index contributed by atoms with van der Waals surface area (Å²) in [6.07, 6.45) is 0. The van der Waals surface area contributed by atoms with Crippen LogP contribution in [0.4, 0.5) is 5.69 Å². The predicted octanol–water partition coefficient (Wildman–Crippen LogP) is 5.87. The summed E-state index contributed by atoms with van der Waals surface area (Å²) in [5.74, 6) is -2.83. The highest BCUT2D eigenvalue weighted by molar-refractivity contribution is 6.53. The van der Waals surface area contributed by atoms with E-state index in [1.165, 1.54) is 18.2 Å². The van der Waals surface area contributed by atoms with Crippen molar-refractivity contribution in [2.24, 2.45) is 5.92 Å². The Balaban J connectivity index is 1.81. The van der Waals surface area contributed by atoms with Crippen molar-refractivity contribution in [2.45, 2.75) is 10.3 Å². The third-order valence-electron chi connectivity index (χ3n) is 4.10. The van der Waals surface area contributed by atoms with E-state index in [4.69, 9.17) is 63.1 Å². The number of hydrogen-bond donors (Lipinski definition) is 2. The fourth-order valence-corrected chi connectivity index (χ4v) is 4.09. The molecule has 0 radical (unpaired) electrons. The van der Waals surface area contributed by atoms with Gasteiger partial charge in [0.2, 0.25) is 5.91 Å². The maximum atomic E-state index is 12.6. The number of carbonyl (C=O) groups is 2. The van der Waals surface area contributed by atoms with E-state index < -0.39 is 28.0 Å². The van der Waals surface area contributed by atoms with Crippen LogP contribution < -0.4 is 5.32 Å². The summed E-state index contributed by atoms with van der Waals surface area (Å²) in [5, 5.41) is 12.5. The number of carbonyl (C=O) groups excluding carboxylic acids is 1. The smallest absolute Gasteiger partial charge is 0.337 e. The van der Waals surface area contributed by atoms with Crippen molar-refractivity contribution >= 4 is 75.6 Å². The first kappa shape index (κ1) is 19.6. The van der Waals surface area contributed by atoms with Gasteiger partial charge in [-0.2, -0.15) is 0 Å². The lowest BCUT2D eigenvalue weighted by Crippen LogP contribution is -2.17. The second-order valence-corrected chi connectivity index (χ2v) is 8.46. The monoisotopic (exact) mass is 451 g/mol. The van der Waals surface area contributed by atoms with E-state index in [0.717, 1.165) is 0 Å². The van der Waals surface area contributed by atoms with Gasteiger partial charge in [0, 0.05) is 11.6 Å². The number of benzene rings is 2. The Hall–Kier alpha value is -1.17. The molecule has 9 heteroatoms. The van der Waals surface area contributed by atoms with Gasteiger partial charge in [0.05, 0.1) is 26.5 Å². The molecule has 0 spiro atoms. The number of alkyl halides is 2. The Morgan fingerprint density at radius 3 is 2.23 bits per heavy atom.